The summed E-state index contributed by atoms with van der Waals surface area (Å²) in [6.07, 6.45) is 11.0. The standard InChI is InChI=1S/C16H31NO2/c1-3-11-17-13-15(2,18)12-14-7-10-16(19-14)8-5-4-6-9-16/h14,17-18H,3-13H2,1-2H3. The van der Waals surface area contributed by atoms with Gasteiger partial charge in [0, 0.05) is 13.0 Å². The van der Waals surface area contributed by atoms with E-state index in [9.17, 15) is 5.11 Å². The Morgan fingerprint density at radius 1 is 1.26 bits per heavy atom. The highest BCUT2D eigenvalue weighted by molar-refractivity contribution is 4.93. The normalized spacial score (nSPS) is 29.5. The summed E-state index contributed by atoms with van der Waals surface area (Å²) in [4.78, 5) is 0. The van der Waals surface area contributed by atoms with Crippen LogP contribution < -0.4 is 5.32 Å². The van der Waals surface area contributed by atoms with Crippen LogP contribution in [0.3, 0.4) is 0 Å². The first-order valence-corrected chi connectivity index (χ1v) is 8.16. The summed E-state index contributed by atoms with van der Waals surface area (Å²) in [6, 6.07) is 0. The van der Waals surface area contributed by atoms with Gasteiger partial charge in [0.25, 0.3) is 0 Å². The lowest BCUT2D eigenvalue weighted by atomic mass is 9.83. The van der Waals surface area contributed by atoms with Crippen molar-refractivity contribution in [2.45, 2.75) is 88.9 Å². The monoisotopic (exact) mass is 269 g/mol. The first-order valence-electron chi connectivity index (χ1n) is 8.16. The van der Waals surface area contributed by atoms with E-state index < -0.39 is 5.60 Å². The van der Waals surface area contributed by atoms with E-state index in [1.165, 1.54) is 38.5 Å². The zero-order chi connectivity index (χ0) is 13.8. The molecule has 3 heteroatoms. The molecule has 0 bridgehead atoms. The molecular formula is C16H31NO2. The molecule has 2 atom stereocenters. The number of ether oxygens (including phenoxy) is 1. The molecule has 1 aliphatic carbocycles. The van der Waals surface area contributed by atoms with Crippen molar-refractivity contribution in [3.63, 3.8) is 0 Å². The highest BCUT2D eigenvalue weighted by Crippen LogP contribution is 2.43. The fraction of sp³-hybridized carbons (Fsp3) is 1.00. The predicted octanol–water partition coefficient (Wildman–Crippen LogP) is 3.01. The maximum Gasteiger partial charge on any atom is 0.0768 e. The molecule has 2 fully saturated rings. The lowest BCUT2D eigenvalue weighted by Crippen LogP contribution is -2.41. The van der Waals surface area contributed by atoms with Crippen LogP contribution in [0.5, 0.6) is 0 Å². The molecule has 1 saturated heterocycles. The van der Waals surface area contributed by atoms with E-state index in [2.05, 4.69) is 12.2 Å². The van der Waals surface area contributed by atoms with E-state index in [0.29, 0.717) is 6.54 Å². The average molecular weight is 269 g/mol. The van der Waals surface area contributed by atoms with Gasteiger partial charge in [-0.2, -0.15) is 0 Å². The predicted molar refractivity (Wildman–Crippen MR) is 78.3 cm³/mol. The van der Waals surface area contributed by atoms with Gasteiger partial charge in [0.05, 0.1) is 17.3 Å². The first kappa shape index (κ1) is 15.3. The molecule has 1 heterocycles. The molecule has 2 rings (SSSR count). The van der Waals surface area contributed by atoms with Crippen LogP contribution in [0.1, 0.15) is 71.6 Å². The van der Waals surface area contributed by atoms with Crippen molar-refractivity contribution in [3.05, 3.63) is 0 Å². The van der Waals surface area contributed by atoms with Crippen LogP contribution in [0, 0.1) is 0 Å². The summed E-state index contributed by atoms with van der Waals surface area (Å²) in [5, 5.41) is 13.8. The summed E-state index contributed by atoms with van der Waals surface area (Å²) in [6.45, 7) is 5.73. The van der Waals surface area contributed by atoms with Crippen LogP contribution >= 0.6 is 0 Å². The third-order valence-electron chi connectivity index (χ3n) is 4.70. The highest BCUT2D eigenvalue weighted by Gasteiger charge is 2.42. The Bertz CT molecular complexity index is 272. The van der Waals surface area contributed by atoms with Gasteiger partial charge in [-0.1, -0.05) is 26.2 Å². The minimum atomic E-state index is -0.639. The Balaban J connectivity index is 1.77. The number of rotatable bonds is 6. The Kier molecular flexibility index (Phi) is 5.27. The van der Waals surface area contributed by atoms with E-state index in [-0.39, 0.29) is 11.7 Å². The van der Waals surface area contributed by atoms with Crippen molar-refractivity contribution in [1.82, 2.24) is 5.32 Å². The van der Waals surface area contributed by atoms with Crippen LogP contribution in [0.15, 0.2) is 0 Å². The SMILES string of the molecule is CCCNCC(C)(O)CC1CCC2(CCCCC2)O1. The number of hydrogen-bond acceptors (Lipinski definition) is 3. The van der Waals surface area contributed by atoms with Gasteiger partial charge in [-0.25, -0.2) is 0 Å². The summed E-state index contributed by atoms with van der Waals surface area (Å²) in [5.74, 6) is 0. The molecule has 2 N–H and O–H groups in total. The van der Waals surface area contributed by atoms with E-state index in [1.54, 1.807) is 0 Å². The molecule has 0 aromatic carbocycles. The molecular weight excluding hydrogens is 238 g/mol. The van der Waals surface area contributed by atoms with Gasteiger partial charge < -0.3 is 15.2 Å². The molecule has 2 unspecified atom stereocenters. The van der Waals surface area contributed by atoms with Crippen molar-refractivity contribution in [2.75, 3.05) is 13.1 Å². The molecule has 112 valence electrons. The maximum atomic E-state index is 10.4. The fourth-order valence-electron chi connectivity index (χ4n) is 3.70. The van der Waals surface area contributed by atoms with Crippen molar-refractivity contribution in [1.29, 1.82) is 0 Å². The topological polar surface area (TPSA) is 41.5 Å². The largest absolute Gasteiger partial charge is 0.389 e. The lowest BCUT2D eigenvalue weighted by molar-refractivity contribution is -0.0888. The summed E-state index contributed by atoms with van der Waals surface area (Å²) >= 11 is 0. The highest BCUT2D eigenvalue weighted by atomic mass is 16.5. The van der Waals surface area contributed by atoms with Gasteiger partial charge in [0.1, 0.15) is 0 Å². The number of nitrogens with one attached hydrogen (secondary N) is 1. The Morgan fingerprint density at radius 3 is 2.68 bits per heavy atom. The van der Waals surface area contributed by atoms with Crippen molar-refractivity contribution in [2.24, 2.45) is 0 Å². The first-order chi connectivity index (χ1) is 9.05. The molecule has 0 aromatic rings. The van der Waals surface area contributed by atoms with Gasteiger partial charge in [-0.05, 0) is 45.6 Å². The van der Waals surface area contributed by atoms with Gasteiger partial charge >= 0.3 is 0 Å². The number of aliphatic hydroxyl groups is 1. The summed E-state index contributed by atoms with van der Waals surface area (Å²) in [5.41, 5.74) is -0.462. The third-order valence-corrected chi connectivity index (χ3v) is 4.70. The van der Waals surface area contributed by atoms with Crippen LogP contribution in [0.4, 0.5) is 0 Å². The van der Waals surface area contributed by atoms with Gasteiger partial charge in [-0.3, -0.25) is 0 Å². The minimum absolute atomic E-state index is 0.176. The molecule has 3 nitrogen and oxygen atoms in total. The smallest absolute Gasteiger partial charge is 0.0768 e. The second kappa shape index (κ2) is 6.55. The van der Waals surface area contributed by atoms with Crippen molar-refractivity contribution >= 4 is 0 Å². The van der Waals surface area contributed by atoms with Gasteiger partial charge in [0.15, 0.2) is 0 Å². The Morgan fingerprint density at radius 2 is 2.00 bits per heavy atom. The molecule has 0 amide bonds. The minimum Gasteiger partial charge on any atom is -0.389 e. The zero-order valence-electron chi connectivity index (χ0n) is 12.7. The average Bonchev–Trinajstić information content (AvgIpc) is 2.72. The molecule has 1 spiro atoms. The van der Waals surface area contributed by atoms with E-state index in [0.717, 1.165) is 25.8 Å². The van der Waals surface area contributed by atoms with Crippen molar-refractivity contribution < 1.29 is 9.84 Å². The van der Waals surface area contributed by atoms with Crippen LogP contribution in [-0.4, -0.2) is 35.5 Å². The second-order valence-corrected chi connectivity index (χ2v) is 6.90. The molecule has 0 aromatic heterocycles. The molecule has 1 saturated carbocycles. The van der Waals surface area contributed by atoms with E-state index in [1.807, 2.05) is 6.92 Å². The lowest BCUT2D eigenvalue weighted by Gasteiger charge is -2.34. The molecule has 2 aliphatic rings. The van der Waals surface area contributed by atoms with E-state index >= 15 is 0 Å². The fourth-order valence-corrected chi connectivity index (χ4v) is 3.70. The maximum absolute atomic E-state index is 10.4. The molecule has 19 heavy (non-hydrogen) atoms. The summed E-state index contributed by atoms with van der Waals surface area (Å²) in [7, 11) is 0. The van der Waals surface area contributed by atoms with Gasteiger partial charge in [-0.15, -0.1) is 0 Å². The quantitative estimate of drug-likeness (QED) is 0.728. The van der Waals surface area contributed by atoms with Crippen LogP contribution in [-0.2, 0) is 4.74 Å². The zero-order valence-corrected chi connectivity index (χ0v) is 12.7. The number of hydrogen-bond donors (Lipinski definition) is 2. The third kappa shape index (κ3) is 4.44. The second-order valence-electron chi connectivity index (χ2n) is 6.90. The van der Waals surface area contributed by atoms with Crippen molar-refractivity contribution in [3.8, 4) is 0 Å². The Hall–Kier alpha value is -0.120. The van der Waals surface area contributed by atoms with E-state index in [4.69, 9.17) is 4.74 Å². The van der Waals surface area contributed by atoms with Crippen LogP contribution in [0.25, 0.3) is 0 Å². The van der Waals surface area contributed by atoms with Gasteiger partial charge in [0.2, 0.25) is 0 Å². The molecule has 1 aliphatic heterocycles. The van der Waals surface area contributed by atoms with Crippen LogP contribution in [0.2, 0.25) is 0 Å². The Labute approximate surface area is 118 Å². The summed E-state index contributed by atoms with van der Waals surface area (Å²) < 4.78 is 6.34. The molecule has 0 radical (unpaired) electrons.